The molecule has 7 heteroatoms. The lowest BCUT2D eigenvalue weighted by Crippen LogP contribution is -2.55. The fourth-order valence-corrected chi connectivity index (χ4v) is 2.76. The van der Waals surface area contributed by atoms with Gasteiger partial charge in [-0.15, -0.1) is 0 Å². The van der Waals surface area contributed by atoms with E-state index in [2.05, 4.69) is 10.4 Å². The number of amides is 1. The third-order valence-electron chi connectivity index (χ3n) is 4.31. The molecule has 1 unspecified atom stereocenters. The highest BCUT2D eigenvalue weighted by Gasteiger charge is 2.44. The molecule has 1 aliphatic rings. The van der Waals surface area contributed by atoms with E-state index in [1.54, 1.807) is 11.6 Å². The van der Waals surface area contributed by atoms with E-state index in [0.29, 0.717) is 24.4 Å². The van der Waals surface area contributed by atoms with E-state index in [9.17, 15) is 14.7 Å². The van der Waals surface area contributed by atoms with Crippen LogP contribution in [0, 0.1) is 6.92 Å². The van der Waals surface area contributed by atoms with E-state index in [1.165, 1.54) is 6.20 Å². The molecular weight excluding hydrogens is 310 g/mol. The predicted octanol–water partition coefficient (Wildman–Crippen LogP) is 1.21. The summed E-state index contributed by atoms with van der Waals surface area (Å²) < 4.78 is 6.88. The van der Waals surface area contributed by atoms with Gasteiger partial charge in [-0.1, -0.05) is 30.3 Å². The van der Waals surface area contributed by atoms with E-state index < -0.39 is 17.4 Å². The molecule has 7 nitrogen and oxygen atoms in total. The number of aromatic nitrogens is 2. The maximum atomic E-state index is 12.5. The van der Waals surface area contributed by atoms with Crippen LogP contribution in [0.1, 0.15) is 28.0 Å². The molecule has 24 heavy (non-hydrogen) atoms. The summed E-state index contributed by atoms with van der Waals surface area (Å²) in [6, 6.07) is 9.79. The summed E-state index contributed by atoms with van der Waals surface area (Å²) in [4.78, 5) is 24.0. The number of hydrogen-bond donors (Lipinski definition) is 2. The summed E-state index contributed by atoms with van der Waals surface area (Å²) in [6.45, 7) is 2.64. The van der Waals surface area contributed by atoms with Crippen molar-refractivity contribution in [1.82, 2.24) is 15.1 Å². The molecule has 0 radical (unpaired) electrons. The molecule has 1 aromatic heterocycles. The first kappa shape index (κ1) is 16.2. The SMILES string of the molecule is Cc1c(C(=O)NC2(C(=O)O)CCOC2)cnn1Cc1ccccc1. The van der Waals surface area contributed by atoms with Gasteiger partial charge in [-0.25, -0.2) is 4.79 Å². The second-order valence-electron chi connectivity index (χ2n) is 5.93. The van der Waals surface area contributed by atoms with Crippen LogP contribution in [0.5, 0.6) is 0 Å². The molecule has 1 aliphatic heterocycles. The van der Waals surface area contributed by atoms with Crippen LogP contribution in [0.3, 0.4) is 0 Å². The quantitative estimate of drug-likeness (QED) is 0.860. The lowest BCUT2D eigenvalue weighted by molar-refractivity contribution is -0.144. The van der Waals surface area contributed by atoms with Gasteiger partial charge >= 0.3 is 5.97 Å². The van der Waals surface area contributed by atoms with Crippen molar-refractivity contribution in [2.24, 2.45) is 0 Å². The number of rotatable bonds is 5. The molecule has 3 rings (SSSR count). The molecule has 2 heterocycles. The van der Waals surface area contributed by atoms with Crippen LogP contribution in [0.25, 0.3) is 0 Å². The number of carboxylic acids is 1. The lowest BCUT2D eigenvalue weighted by atomic mass is 9.98. The zero-order valence-electron chi connectivity index (χ0n) is 13.4. The third kappa shape index (κ3) is 3.03. The van der Waals surface area contributed by atoms with Crippen molar-refractivity contribution in [2.75, 3.05) is 13.2 Å². The highest BCUT2D eigenvalue weighted by molar-refractivity contribution is 5.98. The molecule has 1 aromatic carbocycles. The molecule has 0 bridgehead atoms. The minimum absolute atomic E-state index is 0.0225. The fraction of sp³-hybridized carbons (Fsp3) is 0.353. The Morgan fingerprint density at radius 2 is 2.12 bits per heavy atom. The van der Waals surface area contributed by atoms with Crippen LogP contribution in [-0.2, 0) is 16.1 Å². The average molecular weight is 329 g/mol. The minimum Gasteiger partial charge on any atom is -0.479 e. The number of nitrogens with one attached hydrogen (secondary N) is 1. The largest absolute Gasteiger partial charge is 0.479 e. The molecule has 1 saturated heterocycles. The van der Waals surface area contributed by atoms with Gasteiger partial charge in [-0.2, -0.15) is 5.10 Å². The summed E-state index contributed by atoms with van der Waals surface area (Å²) in [7, 11) is 0. The normalized spacial score (nSPS) is 20.0. The molecule has 1 fully saturated rings. The number of carbonyl (C=O) groups excluding carboxylic acids is 1. The third-order valence-corrected chi connectivity index (χ3v) is 4.31. The van der Waals surface area contributed by atoms with Gasteiger partial charge in [0.25, 0.3) is 5.91 Å². The molecule has 126 valence electrons. The number of aliphatic carboxylic acids is 1. The first-order valence-corrected chi connectivity index (χ1v) is 7.72. The summed E-state index contributed by atoms with van der Waals surface area (Å²) >= 11 is 0. The second-order valence-corrected chi connectivity index (χ2v) is 5.93. The Bertz CT molecular complexity index is 748. The highest BCUT2D eigenvalue weighted by atomic mass is 16.5. The lowest BCUT2D eigenvalue weighted by Gasteiger charge is -2.23. The molecule has 2 N–H and O–H groups in total. The Morgan fingerprint density at radius 3 is 2.75 bits per heavy atom. The Kier molecular flexibility index (Phi) is 4.35. The topological polar surface area (TPSA) is 93.5 Å². The smallest absolute Gasteiger partial charge is 0.331 e. The Balaban J connectivity index is 1.78. The number of benzene rings is 1. The van der Waals surface area contributed by atoms with Crippen LogP contribution < -0.4 is 5.32 Å². The second kappa shape index (κ2) is 6.45. The standard InChI is InChI=1S/C17H19N3O4/c1-12-14(9-18-20(12)10-13-5-3-2-4-6-13)15(21)19-17(16(22)23)7-8-24-11-17/h2-6,9H,7-8,10-11H2,1H3,(H,19,21)(H,22,23). The zero-order valence-corrected chi connectivity index (χ0v) is 13.4. The summed E-state index contributed by atoms with van der Waals surface area (Å²) in [6.07, 6.45) is 1.73. The molecule has 2 aromatic rings. The number of hydrogen-bond acceptors (Lipinski definition) is 4. The Morgan fingerprint density at radius 1 is 1.38 bits per heavy atom. The van der Waals surface area contributed by atoms with Crippen LogP contribution in [0.15, 0.2) is 36.5 Å². The van der Waals surface area contributed by atoms with Gasteiger partial charge < -0.3 is 15.2 Å². The van der Waals surface area contributed by atoms with E-state index in [1.807, 2.05) is 30.3 Å². The first-order valence-electron chi connectivity index (χ1n) is 7.72. The maximum absolute atomic E-state index is 12.5. The van der Waals surface area contributed by atoms with Crippen molar-refractivity contribution in [3.05, 3.63) is 53.3 Å². The molecule has 0 saturated carbocycles. The average Bonchev–Trinajstić information content (AvgIpc) is 3.17. The Labute approximate surface area is 139 Å². The van der Waals surface area contributed by atoms with Crippen molar-refractivity contribution >= 4 is 11.9 Å². The predicted molar refractivity (Wildman–Crippen MR) is 85.8 cm³/mol. The van der Waals surface area contributed by atoms with Gasteiger partial charge in [0.2, 0.25) is 0 Å². The van der Waals surface area contributed by atoms with E-state index in [4.69, 9.17) is 4.74 Å². The Hall–Kier alpha value is -2.67. The zero-order chi connectivity index (χ0) is 17.2. The summed E-state index contributed by atoms with van der Waals surface area (Å²) in [5.74, 6) is -1.53. The number of nitrogens with zero attached hydrogens (tertiary/aromatic N) is 2. The molecule has 1 amide bonds. The van der Waals surface area contributed by atoms with Crippen molar-refractivity contribution in [3.63, 3.8) is 0 Å². The number of ether oxygens (including phenoxy) is 1. The molecule has 1 atom stereocenters. The van der Waals surface area contributed by atoms with E-state index in [0.717, 1.165) is 5.56 Å². The minimum atomic E-state index is -1.36. The van der Waals surface area contributed by atoms with Crippen molar-refractivity contribution < 1.29 is 19.4 Å². The van der Waals surface area contributed by atoms with Crippen LogP contribution in [-0.4, -0.2) is 45.5 Å². The van der Waals surface area contributed by atoms with Crippen LogP contribution in [0.4, 0.5) is 0 Å². The fourth-order valence-electron chi connectivity index (χ4n) is 2.76. The number of carbonyl (C=O) groups is 2. The monoisotopic (exact) mass is 329 g/mol. The van der Waals surface area contributed by atoms with Crippen LogP contribution in [0.2, 0.25) is 0 Å². The van der Waals surface area contributed by atoms with Crippen LogP contribution >= 0.6 is 0 Å². The van der Waals surface area contributed by atoms with Gasteiger partial charge in [0, 0.05) is 18.7 Å². The maximum Gasteiger partial charge on any atom is 0.331 e. The molecular formula is C17H19N3O4. The van der Waals surface area contributed by atoms with Gasteiger partial charge in [-0.3, -0.25) is 9.48 Å². The van der Waals surface area contributed by atoms with Crippen molar-refractivity contribution in [1.29, 1.82) is 0 Å². The van der Waals surface area contributed by atoms with Gasteiger partial charge in [0.05, 0.1) is 24.9 Å². The highest BCUT2D eigenvalue weighted by Crippen LogP contribution is 2.20. The van der Waals surface area contributed by atoms with Crippen molar-refractivity contribution in [2.45, 2.75) is 25.4 Å². The van der Waals surface area contributed by atoms with Gasteiger partial charge in [-0.05, 0) is 12.5 Å². The molecule has 0 aliphatic carbocycles. The van der Waals surface area contributed by atoms with Gasteiger partial charge in [0.1, 0.15) is 0 Å². The first-order chi connectivity index (χ1) is 11.5. The summed E-state index contributed by atoms with van der Waals surface area (Å²) in [5.41, 5.74) is 0.779. The van der Waals surface area contributed by atoms with Gasteiger partial charge in [0.15, 0.2) is 5.54 Å². The summed E-state index contributed by atoms with van der Waals surface area (Å²) in [5, 5.41) is 16.3. The van der Waals surface area contributed by atoms with Crippen molar-refractivity contribution in [3.8, 4) is 0 Å². The van der Waals surface area contributed by atoms with E-state index >= 15 is 0 Å². The molecule has 0 spiro atoms. The van der Waals surface area contributed by atoms with E-state index in [-0.39, 0.29) is 13.0 Å². The number of carboxylic acid groups (broad SMARTS) is 1.